The number of hydrogen-bond acceptors (Lipinski definition) is 6. The Morgan fingerprint density at radius 2 is 2.03 bits per heavy atom. The third-order valence-corrected chi connectivity index (χ3v) is 6.98. The summed E-state index contributed by atoms with van der Waals surface area (Å²) in [5.74, 6) is 1.97. The number of benzene rings is 1. The number of aryl methyl sites for hydroxylation is 1. The monoisotopic (exact) mass is 419 g/mol. The number of nitrogens with one attached hydrogen (secondary N) is 1. The van der Waals surface area contributed by atoms with E-state index >= 15 is 0 Å². The van der Waals surface area contributed by atoms with Crippen molar-refractivity contribution in [1.82, 2.24) is 25.1 Å². The highest BCUT2D eigenvalue weighted by atomic mass is 32.1. The number of rotatable bonds is 3. The fourth-order valence-corrected chi connectivity index (χ4v) is 5.35. The number of aromatic nitrogens is 4. The average Bonchev–Trinajstić information content (AvgIpc) is 3.33. The Labute approximate surface area is 178 Å². The molecule has 30 heavy (non-hydrogen) atoms. The highest BCUT2D eigenvalue weighted by Crippen LogP contribution is 2.53. The van der Waals surface area contributed by atoms with Crippen LogP contribution in [0.2, 0.25) is 0 Å². The van der Waals surface area contributed by atoms with E-state index in [-0.39, 0.29) is 18.5 Å². The molecule has 2 aromatic heterocycles. The van der Waals surface area contributed by atoms with Crippen molar-refractivity contribution < 1.29 is 4.79 Å². The molecule has 3 atom stereocenters. The minimum atomic E-state index is -0.150. The molecule has 1 amide bonds. The average molecular weight is 420 g/mol. The number of fused-ring (bicyclic) bond motifs is 2. The second-order valence-electron chi connectivity index (χ2n) is 8.40. The molecule has 0 spiro atoms. The first-order valence-electron chi connectivity index (χ1n) is 10.3. The zero-order chi connectivity index (χ0) is 20.4. The fourth-order valence-electron chi connectivity index (χ4n) is 5.09. The maximum absolute atomic E-state index is 11.8. The Morgan fingerprint density at radius 1 is 1.20 bits per heavy atom. The van der Waals surface area contributed by atoms with E-state index in [1.165, 1.54) is 23.9 Å². The molecule has 2 aliphatic carbocycles. The summed E-state index contributed by atoms with van der Waals surface area (Å²) in [5.41, 5.74) is 9.86. The third kappa shape index (κ3) is 2.68. The molecule has 1 saturated heterocycles. The van der Waals surface area contributed by atoms with Gasteiger partial charge >= 0.3 is 0 Å². The normalized spacial score (nSPS) is 25.5. The number of carbonyl (C=O) groups excluding carboxylic acids is 1. The first-order valence-corrected chi connectivity index (χ1v) is 10.7. The molecule has 8 nitrogen and oxygen atoms in total. The van der Waals surface area contributed by atoms with Gasteiger partial charge in [-0.25, -0.2) is 14.6 Å². The van der Waals surface area contributed by atoms with Gasteiger partial charge in [-0.1, -0.05) is 24.3 Å². The third-order valence-electron chi connectivity index (χ3n) is 6.66. The Morgan fingerprint density at radius 3 is 2.83 bits per heavy atom. The highest BCUT2D eigenvalue weighted by molar-refractivity contribution is 7.80. The van der Waals surface area contributed by atoms with Gasteiger partial charge in [-0.3, -0.25) is 9.69 Å². The van der Waals surface area contributed by atoms with E-state index in [0.717, 1.165) is 19.3 Å². The van der Waals surface area contributed by atoms with Crippen molar-refractivity contribution in [2.24, 2.45) is 11.8 Å². The standard InChI is InChI=1S/C21H21N7OS/c22-18-17-19(24-10-23-18)28(26-20(17)27-9-16(29)25-21(27)30)15-8-14(15)13-6-5-11-3-1-2-4-12(11)7-13/h1-4,10,13-15H,5-9H2,(H2,22,23,24)(H,25,29,30). The lowest BCUT2D eigenvalue weighted by Gasteiger charge is -2.24. The van der Waals surface area contributed by atoms with Crippen LogP contribution in [0, 0.1) is 11.8 Å². The predicted molar refractivity (Wildman–Crippen MR) is 117 cm³/mol. The minimum absolute atomic E-state index is 0.132. The summed E-state index contributed by atoms with van der Waals surface area (Å²) in [7, 11) is 0. The van der Waals surface area contributed by atoms with Crippen molar-refractivity contribution >= 4 is 45.9 Å². The maximum atomic E-state index is 11.8. The van der Waals surface area contributed by atoms with Gasteiger partial charge in [0.25, 0.3) is 0 Å². The molecule has 6 rings (SSSR count). The van der Waals surface area contributed by atoms with Gasteiger partial charge in [-0.15, -0.1) is 0 Å². The van der Waals surface area contributed by atoms with Gasteiger partial charge in [0.05, 0.1) is 6.04 Å². The molecule has 1 saturated carbocycles. The molecule has 3 N–H and O–H groups in total. The van der Waals surface area contributed by atoms with Crippen LogP contribution in [0.5, 0.6) is 0 Å². The van der Waals surface area contributed by atoms with E-state index < -0.39 is 0 Å². The summed E-state index contributed by atoms with van der Waals surface area (Å²) in [6, 6.07) is 9.05. The fraction of sp³-hybridized carbons (Fsp3) is 0.381. The molecule has 3 unspecified atom stereocenters. The molecule has 1 aromatic carbocycles. The summed E-state index contributed by atoms with van der Waals surface area (Å²) in [5, 5.41) is 8.51. The Balaban J connectivity index is 1.34. The number of anilines is 2. The Hall–Kier alpha value is -3.07. The maximum Gasteiger partial charge on any atom is 0.246 e. The first kappa shape index (κ1) is 17.8. The number of nitrogens with zero attached hydrogens (tertiary/aromatic N) is 5. The number of nitrogen functional groups attached to an aromatic ring is 1. The Bertz CT molecular complexity index is 1210. The lowest BCUT2D eigenvalue weighted by Crippen LogP contribution is -2.28. The van der Waals surface area contributed by atoms with Crippen LogP contribution in [0.25, 0.3) is 11.0 Å². The molecular formula is C21H21N7OS. The molecule has 1 aliphatic heterocycles. The molecule has 152 valence electrons. The van der Waals surface area contributed by atoms with E-state index in [4.69, 9.17) is 23.1 Å². The molecule has 0 bridgehead atoms. The van der Waals surface area contributed by atoms with Crippen molar-refractivity contribution in [2.45, 2.75) is 31.7 Å². The zero-order valence-corrected chi connectivity index (χ0v) is 17.1. The van der Waals surface area contributed by atoms with Gasteiger partial charge in [0.2, 0.25) is 5.91 Å². The summed E-state index contributed by atoms with van der Waals surface area (Å²) >= 11 is 5.32. The second-order valence-corrected chi connectivity index (χ2v) is 8.79. The lowest BCUT2D eigenvalue weighted by atomic mass is 9.81. The smallest absolute Gasteiger partial charge is 0.246 e. The molecule has 2 fully saturated rings. The molecule has 3 aromatic rings. The minimum Gasteiger partial charge on any atom is -0.383 e. The van der Waals surface area contributed by atoms with Crippen molar-refractivity contribution in [2.75, 3.05) is 17.2 Å². The molecular weight excluding hydrogens is 398 g/mol. The number of amides is 1. The summed E-state index contributed by atoms with van der Waals surface area (Å²) in [4.78, 5) is 22.2. The van der Waals surface area contributed by atoms with Crippen LogP contribution in [0.3, 0.4) is 0 Å². The quantitative estimate of drug-likeness (QED) is 0.626. The van der Waals surface area contributed by atoms with Gasteiger partial charge < -0.3 is 11.1 Å². The number of carbonyl (C=O) groups is 1. The van der Waals surface area contributed by atoms with Crippen LogP contribution in [0.1, 0.15) is 30.0 Å². The van der Waals surface area contributed by atoms with Crippen molar-refractivity contribution in [3.63, 3.8) is 0 Å². The van der Waals surface area contributed by atoms with Gasteiger partial charge in [0.1, 0.15) is 24.1 Å². The second kappa shape index (κ2) is 6.46. The topological polar surface area (TPSA) is 102 Å². The van der Waals surface area contributed by atoms with Crippen LogP contribution in [0.4, 0.5) is 11.6 Å². The van der Waals surface area contributed by atoms with Crippen molar-refractivity contribution in [3.8, 4) is 0 Å². The van der Waals surface area contributed by atoms with E-state index in [0.29, 0.717) is 39.6 Å². The van der Waals surface area contributed by atoms with E-state index in [1.807, 2.05) is 4.68 Å². The van der Waals surface area contributed by atoms with Crippen LogP contribution in [-0.2, 0) is 17.6 Å². The van der Waals surface area contributed by atoms with E-state index in [9.17, 15) is 4.79 Å². The number of nitrogens with two attached hydrogens (primary N) is 1. The van der Waals surface area contributed by atoms with Crippen LogP contribution in [-0.4, -0.2) is 37.3 Å². The molecule has 3 aliphatic rings. The first-order chi connectivity index (χ1) is 14.6. The van der Waals surface area contributed by atoms with Gasteiger partial charge in [0, 0.05) is 0 Å². The predicted octanol–water partition coefficient (Wildman–Crippen LogP) is 2.00. The van der Waals surface area contributed by atoms with Gasteiger partial charge in [0.15, 0.2) is 16.6 Å². The molecule has 0 radical (unpaired) electrons. The number of thiocarbonyl (C=S) groups is 1. The summed E-state index contributed by atoms with van der Waals surface area (Å²) < 4.78 is 1.99. The largest absolute Gasteiger partial charge is 0.383 e. The van der Waals surface area contributed by atoms with Crippen LogP contribution >= 0.6 is 12.2 Å². The zero-order valence-electron chi connectivity index (χ0n) is 16.3. The summed E-state index contributed by atoms with van der Waals surface area (Å²) in [6.45, 7) is 0.132. The van der Waals surface area contributed by atoms with Crippen LogP contribution < -0.4 is 16.0 Å². The van der Waals surface area contributed by atoms with Gasteiger partial charge in [-0.2, -0.15) is 5.10 Å². The van der Waals surface area contributed by atoms with Crippen LogP contribution in [0.15, 0.2) is 30.6 Å². The highest BCUT2D eigenvalue weighted by Gasteiger charge is 2.47. The number of hydrogen-bond donors (Lipinski definition) is 2. The van der Waals surface area contributed by atoms with Crippen molar-refractivity contribution in [1.29, 1.82) is 0 Å². The Kier molecular flexibility index (Phi) is 3.83. The lowest BCUT2D eigenvalue weighted by molar-refractivity contribution is -0.117. The van der Waals surface area contributed by atoms with E-state index in [2.05, 4.69) is 39.6 Å². The van der Waals surface area contributed by atoms with Gasteiger partial charge in [-0.05, 0) is 60.9 Å². The molecule has 9 heteroatoms. The van der Waals surface area contributed by atoms with E-state index in [1.54, 1.807) is 4.90 Å². The summed E-state index contributed by atoms with van der Waals surface area (Å²) in [6.07, 6.45) is 6.01. The SMILES string of the molecule is Nc1ncnc2c1c(N1CC(=O)NC1=S)nn2C1CC1C1CCc2ccccc2C1. The molecule has 3 heterocycles. The van der Waals surface area contributed by atoms with Crippen molar-refractivity contribution in [3.05, 3.63) is 41.7 Å².